The van der Waals surface area contributed by atoms with Crippen molar-refractivity contribution in [2.75, 3.05) is 26.2 Å². The molecule has 2 rings (SSSR count). The maximum absolute atomic E-state index is 12.8. The first-order valence-electron chi connectivity index (χ1n) is 9.19. The van der Waals surface area contributed by atoms with Crippen LogP contribution < -0.4 is 5.11 Å². The molecule has 0 radical (unpaired) electrons. The smallest absolute Gasteiger partial charge is 0.243 e. The number of benzene rings is 1. The molecule has 1 aliphatic rings. The normalized spacial score (nSPS) is 17.1. The van der Waals surface area contributed by atoms with Crippen molar-refractivity contribution in [2.45, 2.75) is 44.4 Å². The fraction of sp³-hybridized carbons (Fsp3) is 0.579. The van der Waals surface area contributed by atoms with Crippen LogP contribution in [0.3, 0.4) is 0 Å². The average molecular weight is 396 g/mol. The summed E-state index contributed by atoms with van der Waals surface area (Å²) in [6, 6.07) is 6.92. The fourth-order valence-electron chi connectivity index (χ4n) is 3.14. The molecule has 7 nitrogen and oxygen atoms in total. The molecule has 1 aromatic carbocycles. The van der Waals surface area contributed by atoms with Gasteiger partial charge in [-0.1, -0.05) is 32.9 Å². The van der Waals surface area contributed by atoms with Gasteiger partial charge < -0.3 is 14.8 Å². The van der Waals surface area contributed by atoms with Crippen LogP contribution in [0.5, 0.6) is 0 Å². The van der Waals surface area contributed by atoms with Gasteiger partial charge in [0.25, 0.3) is 0 Å². The van der Waals surface area contributed by atoms with E-state index >= 15 is 0 Å². The summed E-state index contributed by atoms with van der Waals surface area (Å²) >= 11 is 0. The third-order valence-corrected chi connectivity index (χ3v) is 6.73. The van der Waals surface area contributed by atoms with Crippen LogP contribution >= 0.6 is 0 Å². The molecule has 0 bridgehead atoms. The van der Waals surface area contributed by atoms with E-state index in [2.05, 4.69) is 0 Å². The molecule has 1 atom stereocenters. The summed E-state index contributed by atoms with van der Waals surface area (Å²) in [7, 11) is -3.58. The van der Waals surface area contributed by atoms with Gasteiger partial charge in [-0.15, -0.1) is 0 Å². The minimum Gasteiger partial charge on any atom is -0.550 e. The first-order chi connectivity index (χ1) is 12.6. The van der Waals surface area contributed by atoms with Gasteiger partial charge in [0.05, 0.1) is 4.90 Å². The molecule has 0 N–H and O–H groups in total. The van der Waals surface area contributed by atoms with Crippen molar-refractivity contribution >= 4 is 21.9 Å². The fourth-order valence-corrected chi connectivity index (χ4v) is 4.56. The van der Waals surface area contributed by atoms with E-state index < -0.39 is 16.0 Å². The average Bonchev–Trinajstić information content (AvgIpc) is 2.61. The van der Waals surface area contributed by atoms with Crippen molar-refractivity contribution in [3.8, 4) is 0 Å². The number of amides is 1. The van der Waals surface area contributed by atoms with E-state index in [1.165, 1.54) is 4.31 Å². The van der Waals surface area contributed by atoms with E-state index in [9.17, 15) is 23.1 Å². The lowest BCUT2D eigenvalue weighted by molar-refractivity contribution is -0.306. The largest absolute Gasteiger partial charge is 0.550 e. The molecule has 8 heteroatoms. The summed E-state index contributed by atoms with van der Waals surface area (Å²) in [6.07, 6.45) is -0.0378. The Hall–Kier alpha value is -1.93. The van der Waals surface area contributed by atoms with Gasteiger partial charge in [-0.3, -0.25) is 4.79 Å². The Morgan fingerprint density at radius 2 is 1.56 bits per heavy atom. The highest BCUT2D eigenvalue weighted by Gasteiger charge is 2.30. The molecule has 0 aromatic heterocycles. The zero-order chi connectivity index (χ0) is 20.2. The second-order valence-corrected chi connectivity index (χ2v) is 9.33. The summed E-state index contributed by atoms with van der Waals surface area (Å²) in [5.74, 6) is -1.30. The number of piperazine rings is 1. The number of hydrogen-bond acceptors (Lipinski definition) is 5. The molecule has 0 unspecified atom stereocenters. The number of carboxylic acids is 1. The number of sulfonamides is 1. The minimum atomic E-state index is -3.58. The Kier molecular flexibility index (Phi) is 7.00. The van der Waals surface area contributed by atoms with Crippen molar-refractivity contribution < 1.29 is 23.1 Å². The Labute approximate surface area is 161 Å². The highest BCUT2D eigenvalue weighted by atomic mass is 32.2. The van der Waals surface area contributed by atoms with Crippen LogP contribution in [0.2, 0.25) is 0 Å². The third-order valence-electron chi connectivity index (χ3n) is 4.81. The van der Waals surface area contributed by atoms with Crippen molar-refractivity contribution in [1.29, 1.82) is 0 Å². The van der Waals surface area contributed by atoms with Crippen LogP contribution in [0.1, 0.15) is 45.1 Å². The maximum atomic E-state index is 12.8. The summed E-state index contributed by atoms with van der Waals surface area (Å²) < 4.78 is 27.0. The molecule has 27 heavy (non-hydrogen) atoms. The second-order valence-electron chi connectivity index (χ2n) is 7.39. The quantitative estimate of drug-likeness (QED) is 0.680. The lowest BCUT2D eigenvalue weighted by Gasteiger charge is -2.34. The van der Waals surface area contributed by atoms with Gasteiger partial charge in [0.2, 0.25) is 15.9 Å². The van der Waals surface area contributed by atoms with Crippen LogP contribution in [0.25, 0.3) is 0 Å². The number of nitrogens with zero attached hydrogens (tertiary/aromatic N) is 2. The molecule has 1 saturated heterocycles. The molecule has 1 fully saturated rings. The van der Waals surface area contributed by atoms with Crippen molar-refractivity contribution in [2.24, 2.45) is 5.92 Å². The molecule has 1 amide bonds. The first-order valence-corrected chi connectivity index (χ1v) is 10.6. The van der Waals surface area contributed by atoms with Gasteiger partial charge in [-0.25, -0.2) is 8.42 Å². The summed E-state index contributed by atoms with van der Waals surface area (Å²) in [6.45, 7) is 6.86. The predicted octanol–water partition coefficient (Wildman–Crippen LogP) is 0.809. The number of hydrogen-bond donors (Lipinski definition) is 0. The van der Waals surface area contributed by atoms with Gasteiger partial charge in [0.15, 0.2) is 0 Å². The maximum Gasteiger partial charge on any atom is 0.243 e. The standard InChI is InChI=1S/C19H28N2O5S/c1-14(2)16-4-6-17(7-5-16)27(25,26)21-10-8-20(9-11-21)18(22)12-15(3)13-19(23)24/h4-7,14-15H,8-13H2,1-3H3,(H,23,24)/p-1/t15-/m0/s1. The molecule has 1 heterocycles. The topological polar surface area (TPSA) is 97.8 Å². The molecular formula is C19H27N2O5S-. The molecule has 0 saturated carbocycles. The Balaban J connectivity index is 1.95. The van der Waals surface area contributed by atoms with Crippen molar-refractivity contribution in [1.82, 2.24) is 9.21 Å². The first kappa shape index (κ1) is 21.4. The lowest BCUT2D eigenvalue weighted by Crippen LogP contribution is -2.50. The predicted molar refractivity (Wildman–Crippen MR) is 99.3 cm³/mol. The Bertz CT molecular complexity index is 766. The summed E-state index contributed by atoms with van der Waals surface area (Å²) in [5, 5.41) is 10.6. The zero-order valence-corrected chi connectivity index (χ0v) is 16.9. The number of aliphatic carboxylic acids is 1. The van der Waals surface area contributed by atoms with Gasteiger partial charge >= 0.3 is 0 Å². The summed E-state index contributed by atoms with van der Waals surface area (Å²) in [5.41, 5.74) is 1.08. The highest BCUT2D eigenvalue weighted by Crippen LogP contribution is 2.21. The molecule has 0 aliphatic carbocycles. The molecule has 1 aliphatic heterocycles. The molecule has 1 aromatic rings. The highest BCUT2D eigenvalue weighted by molar-refractivity contribution is 7.89. The van der Waals surface area contributed by atoms with Gasteiger partial charge in [-0.2, -0.15) is 4.31 Å². The van der Waals surface area contributed by atoms with Crippen LogP contribution in [-0.4, -0.2) is 55.7 Å². The molecular weight excluding hydrogens is 368 g/mol. The van der Waals surface area contributed by atoms with Crippen molar-refractivity contribution in [3.63, 3.8) is 0 Å². The van der Waals surface area contributed by atoms with Crippen LogP contribution in [-0.2, 0) is 19.6 Å². The van der Waals surface area contributed by atoms with Gasteiger partial charge in [-0.05, 0) is 36.0 Å². The molecule has 0 spiro atoms. The van der Waals surface area contributed by atoms with E-state index in [-0.39, 0.29) is 42.7 Å². The zero-order valence-electron chi connectivity index (χ0n) is 16.1. The van der Waals surface area contributed by atoms with Crippen molar-refractivity contribution in [3.05, 3.63) is 29.8 Å². The lowest BCUT2D eigenvalue weighted by atomic mass is 10.0. The van der Waals surface area contributed by atoms with Gasteiger partial charge in [0, 0.05) is 38.6 Å². The SMILES string of the molecule is CC(C)c1ccc(S(=O)(=O)N2CCN(C(=O)C[C@H](C)CC(=O)[O-])CC2)cc1. The van der Waals surface area contributed by atoms with E-state index in [0.29, 0.717) is 19.0 Å². The van der Waals surface area contributed by atoms with E-state index in [0.717, 1.165) is 5.56 Å². The third kappa shape index (κ3) is 5.52. The monoisotopic (exact) mass is 395 g/mol. The van der Waals surface area contributed by atoms with E-state index in [1.807, 2.05) is 26.0 Å². The van der Waals surface area contributed by atoms with E-state index in [1.54, 1.807) is 24.0 Å². The van der Waals surface area contributed by atoms with E-state index in [4.69, 9.17) is 0 Å². The molecule has 150 valence electrons. The van der Waals surface area contributed by atoms with Crippen LogP contribution in [0, 0.1) is 5.92 Å². The number of carboxylic acid groups (broad SMARTS) is 1. The Morgan fingerprint density at radius 3 is 2.04 bits per heavy atom. The Morgan fingerprint density at radius 1 is 1.00 bits per heavy atom. The van der Waals surface area contributed by atoms with Crippen LogP contribution in [0.4, 0.5) is 0 Å². The second kappa shape index (κ2) is 8.84. The number of rotatable bonds is 7. The van der Waals surface area contributed by atoms with Gasteiger partial charge in [0.1, 0.15) is 0 Å². The summed E-state index contributed by atoms with van der Waals surface area (Å²) in [4.78, 5) is 24.7. The number of carbonyl (C=O) groups excluding carboxylic acids is 2. The van der Waals surface area contributed by atoms with Crippen LogP contribution in [0.15, 0.2) is 29.2 Å². The number of carbonyl (C=O) groups is 2. The minimum absolute atomic E-state index is 0.122.